The van der Waals surface area contributed by atoms with Gasteiger partial charge in [-0.2, -0.15) is 0 Å². The number of nitrogens with zero attached hydrogens (tertiary/aromatic N) is 5. The van der Waals surface area contributed by atoms with Crippen molar-refractivity contribution in [1.29, 1.82) is 0 Å². The first-order chi connectivity index (χ1) is 13.5. The molecule has 2 aromatic rings. The Kier molecular flexibility index (Phi) is 6.75. The van der Waals surface area contributed by atoms with Crippen molar-refractivity contribution in [1.82, 2.24) is 23.6 Å². The standard InChI is InChI=1S/C21H35N5O2/c1-5-7-8-10-14-26-17(15-25-13-11-9-12-16(25)6-2)22-19-18(26)20(27)24(4)21(28)23(19)3/h16H,5-15H2,1-4H3/t16-/m1/s1. The van der Waals surface area contributed by atoms with Crippen molar-refractivity contribution in [2.24, 2.45) is 14.1 Å². The Morgan fingerprint density at radius 1 is 1.04 bits per heavy atom. The summed E-state index contributed by atoms with van der Waals surface area (Å²) < 4.78 is 4.80. The van der Waals surface area contributed by atoms with Gasteiger partial charge in [0.1, 0.15) is 5.82 Å². The summed E-state index contributed by atoms with van der Waals surface area (Å²) in [6, 6.07) is 0.578. The summed E-state index contributed by atoms with van der Waals surface area (Å²) in [6.45, 7) is 7.05. The predicted molar refractivity (Wildman–Crippen MR) is 113 cm³/mol. The zero-order valence-corrected chi connectivity index (χ0v) is 17.9. The third kappa shape index (κ3) is 3.95. The number of hydrogen-bond donors (Lipinski definition) is 0. The van der Waals surface area contributed by atoms with Crippen LogP contribution in [-0.4, -0.2) is 36.2 Å². The van der Waals surface area contributed by atoms with Gasteiger partial charge in [0.2, 0.25) is 0 Å². The first kappa shape index (κ1) is 20.8. The van der Waals surface area contributed by atoms with Crippen LogP contribution in [-0.2, 0) is 27.2 Å². The Bertz CT molecular complexity index is 923. The van der Waals surface area contributed by atoms with Crippen LogP contribution in [0, 0.1) is 0 Å². The lowest BCUT2D eigenvalue weighted by Crippen LogP contribution is -2.39. The van der Waals surface area contributed by atoms with Crippen molar-refractivity contribution in [3.63, 3.8) is 0 Å². The molecule has 2 aromatic heterocycles. The van der Waals surface area contributed by atoms with Crippen molar-refractivity contribution in [2.45, 2.75) is 84.3 Å². The molecule has 0 N–H and O–H groups in total. The van der Waals surface area contributed by atoms with Gasteiger partial charge in [-0.15, -0.1) is 0 Å². The number of aromatic nitrogens is 4. The van der Waals surface area contributed by atoms with Crippen LogP contribution in [0.1, 0.15) is 71.0 Å². The van der Waals surface area contributed by atoms with Crippen LogP contribution in [0.5, 0.6) is 0 Å². The maximum absolute atomic E-state index is 12.9. The van der Waals surface area contributed by atoms with Crippen LogP contribution in [0.4, 0.5) is 0 Å². The van der Waals surface area contributed by atoms with E-state index in [0.29, 0.717) is 17.2 Å². The molecule has 0 aromatic carbocycles. The van der Waals surface area contributed by atoms with E-state index in [1.165, 1.54) is 41.2 Å². The molecular formula is C21H35N5O2. The van der Waals surface area contributed by atoms with Crippen LogP contribution in [0.15, 0.2) is 9.59 Å². The number of aryl methyl sites for hydroxylation is 2. The van der Waals surface area contributed by atoms with Gasteiger partial charge < -0.3 is 4.57 Å². The maximum atomic E-state index is 12.9. The number of unbranched alkanes of at least 4 members (excludes halogenated alkanes) is 3. The second kappa shape index (κ2) is 9.07. The fraction of sp³-hybridized carbons (Fsp3) is 0.762. The Balaban J connectivity index is 2.04. The highest BCUT2D eigenvalue weighted by atomic mass is 16.2. The fourth-order valence-corrected chi connectivity index (χ4v) is 4.46. The summed E-state index contributed by atoms with van der Waals surface area (Å²) in [5.41, 5.74) is 0.534. The fourth-order valence-electron chi connectivity index (χ4n) is 4.46. The molecule has 0 amide bonds. The Hall–Kier alpha value is -1.89. The van der Waals surface area contributed by atoms with Gasteiger partial charge in [-0.1, -0.05) is 39.5 Å². The van der Waals surface area contributed by atoms with Crippen LogP contribution in [0.2, 0.25) is 0 Å². The van der Waals surface area contributed by atoms with Gasteiger partial charge in [0.25, 0.3) is 5.56 Å². The lowest BCUT2D eigenvalue weighted by Gasteiger charge is -2.34. The molecule has 1 saturated heterocycles. The summed E-state index contributed by atoms with van der Waals surface area (Å²) in [7, 11) is 3.26. The highest BCUT2D eigenvalue weighted by Crippen LogP contribution is 2.23. The second-order valence-corrected chi connectivity index (χ2v) is 8.15. The van der Waals surface area contributed by atoms with E-state index in [1.54, 1.807) is 14.1 Å². The summed E-state index contributed by atoms with van der Waals surface area (Å²) >= 11 is 0. The third-order valence-corrected chi connectivity index (χ3v) is 6.23. The number of imidazole rings is 1. The van der Waals surface area contributed by atoms with Crippen LogP contribution in [0.25, 0.3) is 11.2 Å². The van der Waals surface area contributed by atoms with E-state index < -0.39 is 0 Å². The molecule has 28 heavy (non-hydrogen) atoms. The van der Waals surface area contributed by atoms with Gasteiger partial charge in [-0.3, -0.25) is 18.8 Å². The van der Waals surface area contributed by atoms with Gasteiger partial charge in [0.05, 0.1) is 6.54 Å². The van der Waals surface area contributed by atoms with Crippen molar-refractivity contribution < 1.29 is 0 Å². The number of hydrogen-bond acceptors (Lipinski definition) is 4. The molecule has 156 valence electrons. The first-order valence-electron chi connectivity index (χ1n) is 10.9. The largest absolute Gasteiger partial charge is 0.332 e. The zero-order chi connectivity index (χ0) is 20.3. The van der Waals surface area contributed by atoms with E-state index in [4.69, 9.17) is 4.98 Å². The average molecular weight is 390 g/mol. The van der Waals surface area contributed by atoms with E-state index >= 15 is 0 Å². The number of piperidine rings is 1. The summed E-state index contributed by atoms with van der Waals surface area (Å²) in [4.78, 5) is 32.6. The molecule has 1 fully saturated rings. The topological polar surface area (TPSA) is 65.1 Å². The number of likely N-dealkylation sites (tertiary alicyclic amines) is 1. The molecule has 7 heteroatoms. The third-order valence-electron chi connectivity index (χ3n) is 6.23. The Labute approximate surface area is 167 Å². The molecule has 0 radical (unpaired) electrons. The zero-order valence-electron chi connectivity index (χ0n) is 17.9. The monoisotopic (exact) mass is 389 g/mol. The molecular weight excluding hydrogens is 354 g/mol. The maximum Gasteiger partial charge on any atom is 0.332 e. The van der Waals surface area contributed by atoms with Gasteiger partial charge >= 0.3 is 5.69 Å². The van der Waals surface area contributed by atoms with Gasteiger partial charge in [-0.25, -0.2) is 9.78 Å². The van der Waals surface area contributed by atoms with E-state index in [9.17, 15) is 9.59 Å². The highest BCUT2D eigenvalue weighted by molar-refractivity contribution is 5.71. The average Bonchev–Trinajstić information content (AvgIpc) is 3.06. The SMILES string of the molecule is CCCCCCn1c(CN2CCCC[C@H]2CC)nc2c1c(=O)n(C)c(=O)n2C. The normalized spacial score (nSPS) is 18.2. The lowest BCUT2D eigenvalue weighted by molar-refractivity contribution is 0.131. The highest BCUT2D eigenvalue weighted by Gasteiger charge is 2.25. The van der Waals surface area contributed by atoms with E-state index in [-0.39, 0.29) is 11.2 Å². The molecule has 0 aliphatic carbocycles. The Morgan fingerprint density at radius 3 is 2.54 bits per heavy atom. The minimum atomic E-state index is -0.316. The van der Waals surface area contributed by atoms with E-state index in [1.807, 2.05) is 0 Å². The molecule has 1 aliphatic rings. The van der Waals surface area contributed by atoms with Crippen LogP contribution < -0.4 is 11.2 Å². The van der Waals surface area contributed by atoms with Crippen molar-refractivity contribution in [3.05, 3.63) is 26.7 Å². The molecule has 1 atom stereocenters. The summed E-state index contributed by atoms with van der Waals surface area (Å²) in [5.74, 6) is 0.921. The van der Waals surface area contributed by atoms with Crippen LogP contribution >= 0.6 is 0 Å². The number of rotatable bonds is 8. The van der Waals surface area contributed by atoms with Crippen molar-refractivity contribution in [2.75, 3.05) is 6.54 Å². The lowest BCUT2D eigenvalue weighted by atomic mass is 10.00. The quantitative estimate of drug-likeness (QED) is 0.651. The van der Waals surface area contributed by atoms with Gasteiger partial charge in [0, 0.05) is 26.7 Å². The smallest absolute Gasteiger partial charge is 0.321 e. The molecule has 7 nitrogen and oxygen atoms in total. The number of fused-ring (bicyclic) bond motifs is 1. The summed E-state index contributed by atoms with van der Waals surface area (Å²) in [6.07, 6.45) is 9.41. The molecule has 3 rings (SSSR count). The predicted octanol–water partition coefficient (Wildman–Crippen LogP) is 2.78. The first-order valence-corrected chi connectivity index (χ1v) is 10.9. The summed E-state index contributed by atoms with van der Waals surface area (Å²) in [5, 5.41) is 0. The second-order valence-electron chi connectivity index (χ2n) is 8.15. The van der Waals surface area contributed by atoms with Gasteiger partial charge in [-0.05, 0) is 32.2 Å². The van der Waals surface area contributed by atoms with Crippen molar-refractivity contribution in [3.8, 4) is 0 Å². The molecule has 0 saturated carbocycles. The molecule has 0 spiro atoms. The Morgan fingerprint density at radius 2 is 1.82 bits per heavy atom. The molecule has 1 aliphatic heterocycles. The van der Waals surface area contributed by atoms with E-state index in [0.717, 1.165) is 44.7 Å². The molecule has 0 unspecified atom stereocenters. The van der Waals surface area contributed by atoms with E-state index in [2.05, 4.69) is 23.3 Å². The van der Waals surface area contributed by atoms with Crippen LogP contribution in [0.3, 0.4) is 0 Å². The minimum Gasteiger partial charge on any atom is -0.321 e. The van der Waals surface area contributed by atoms with Crippen molar-refractivity contribution >= 4 is 11.2 Å². The minimum absolute atomic E-state index is 0.238. The molecule has 3 heterocycles. The molecule has 0 bridgehead atoms. The van der Waals surface area contributed by atoms with Gasteiger partial charge in [0.15, 0.2) is 11.2 Å².